The van der Waals surface area contributed by atoms with Gasteiger partial charge in [-0.15, -0.1) is 6.58 Å². The number of ether oxygens (including phenoxy) is 2. The lowest BCUT2D eigenvalue weighted by molar-refractivity contribution is -0.128. The number of amides is 2. The van der Waals surface area contributed by atoms with Gasteiger partial charge in [-0.3, -0.25) is 19.8 Å². The molecule has 2 amide bonds. The molecular weight excluding hydrogens is 407 g/mol. The second-order valence-electron chi connectivity index (χ2n) is 6.35. The molecule has 0 aromatic heterocycles. The van der Waals surface area contributed by atoms with Crippen LogP contribution in [-0.4, -0.2) is 35.5 Å². The van der Waals surface area contributed by atoms with E-state index in [4.69, 9.17) is 21.7 Å². The number of rotatable bonds is 7. The third kappa shape index (κ3) is 4.72. The lowest BCUT2D eigenvalue weighted by Crippen LogP contribution is -2.53. The first kappa shape index (κ1) is 21.2. The second-order valence-corrected chi connectivity index (χ2v) is 6.73. The number of hydrogen-bond acceptors (Lipinski definition) is 5. The first-order chi connectivity index (χ1) is 14.4. The van der Waals surface area contributed by atoms with Gasteiger partial charge in [-0.1, -0.05) is 24.3 Å². The average Bonchev–Trinajstić information content (AvgIpc) is 2.74. The van der Waals surface area contributed by atoms with Crippen LogP contribution < -0.4 is 14.8 Å². The monoisotopic (exact) mass is 426 g/mol. The lowest BCUT2D eigenvalue weighted by atomic mass is 10.1. The van der Waals surface area contributed by atoms with Gasteiger partial charge in [0, 0.05) is 6.54 Å². The molecule has 1 N–H and O–H groups in total. The molecule has 6 nitrogen and oxygen atoms in total. The van der Waals surface area contributed by atoms with Crippen LogP contribution in [0.3, 0.4) is 0 Å². The Balaban J connectivity index is 1.82. The van der Waals surface area contributed by atoms with Gasteiger partial charge in [0.1, 0.15) is 18.0 Å². The highest BCUT2D eigenvalue weighted by molar-refractivity contribution is 7.80. The Kier molecular flexibility index (Phi) is 6.58. The molecule has 3 rings (SSSR count). The summed E-state index contributed by atoms with van der Waals surface area (Å²) < 4.78 is 24.1. The van der Waals surface area contributed by atoms with Crippen molar-refractivity contribution in [2.75, 3.05) is 13.7 Å². The molecule has 2 aromatic rings. The van der Waals surface area contributed by atoms with Crippen molar-refractivity contribution in [2.24, 2.45) is 0 Å². The summed E-state index contributed by atoms with van der Waals surface area (Å²) in [6.07, 6.45) is 2.98. The van der Waals surface area contributed by atoms with Crippen LogP contribution in [0.4, 0.5) is 4.39 Å². The summed E-state index contributed by atoms with van der Waals surface area (Å²) >= 11 is 5.04. The van der Waals surface area contributed by atoms with E-state index in [1.165, 1.54) is 36.3 Å². The molecular formula is C22H19FN2O4S. The molecule has 154 valence electrons. The molecule has 0 spiro atoms. The SMILES string of the molecule is C=CCN1C(=O)C(=Cc2ccc(OCc3ccc(F)cc3)c(OC)c2)C(=O)NC1=S. The minimum atomic E-state index is -0.569. The van der Waals surface area contributed by atoms with Crippen molar-refractivity contribution in [3.8, 4) is 11.5 Å². The van der Waals surface area contributed by atoms with Crippen LogP contribution in [0.2, 0.25) is 0 Å². The zero-order valence-electron chi connectivity index (χ0n) is 16.2. The maximum atomic E-state index is 13.0. The highest BCUT2D eigenvalue weighted by Gasteiger charge is 2.32. The zero-order valence-corrected chi connectivity index (χ0v) is 17.0. The van der Waals surface area contributed by atoms with E-state index in [0.29, 0.717) is 17.1 Å². The molecule has 0 atom stereocenters. The predicted molar refractivity (Wildman–Crippen MR) is 114 cm³/mol. The smallest absolute Gasteiger partial charge is 0.265 e. The fourth-order valence-corrected chi connectivity index (χ4v) is 3.04. The van der Waals surface area contributed by atoms with Gasteiger partial charge in [-0.05, 0) is 53.7 Å². The van der Waals surface area contributed by atoms with Gasteiger partial charge in [-0.2, -0.15) is 0 Å². The zero-order chi connectivity index (χ0) is 21.7. The standard InChI is InChI=1S/C22H19FN2O4S/c1-3-10-25-21(27)17(20(26)24-22(25)30)11-15-6-9-18(19(12-15)28-2)29-13-14-4-7-16(23)8-5-14/h3-9,11-12H,1,10,13H2,2H3,(H,24,26,30). The van der Waals surface area contributed by atoms with Crippen LogP contribution in [0.1, 0.15) is 11.1 Å². The predicted octanol–water partition coefficient (Wildman–Crippen LogP) is 3.23. The maximum absolute atomic E-state index is 13.0. The van der Waals surface area contributed by atoms with Gasteiger partial charge in [0.05, 0.1) is 7.11 Å². The molecule has 30 heavy (non-hydrogen) atoms. The summed E-state index contributed by atoms with van der Waals surface area (Å²) in [5.41, 5.74) is 1.32. The number of hydrogen-bond donors (Lipinski definition) is 1. The fourth-order valence-electron chi connectivity index (χ4n) is 2.79. The van der Waals surface area contributed by atoms with E-state index >= 15 is 0 Å². The van der Waals surface area contributed by atoms with E-state index in [2.05, 4.69) is 11.9 Å². The molecule has 0 bridgehead atoms. The number of nitrogens with one attached hydrogen (secondary N) is 1. The minimum Gasteiger partial charge on any atom is -0.493 e. The third-order valence-electron chi connectivity index (χ3n) is 4.30. The molecule has 1 aliphatic rings. The number of thiocarbonyl (C=S) groups is 1. The normalized spacial score (nSPS) is 15.2. The van der Waals surface area contributed by atoms with E-state index in [9.17, 15) is 14.0 Å². The number of carbonyl (C=O) groups excluding carboxylic acids is 2. The Hall–Kier alpha value is -3.52. The molecule has 0 aliphatic carbocycles. The number of benzene rings is 2. The van der Waals surface area contributed by atoms with Gasteiger partial charge in [0.25, 0.3) is 11.8 Å². The number of halogens is 1. The quantitative estimate of drug-likeness (QED) is 0.319. The van der Waals surface area contributed by atoms with Gasteiger partial charge in [0.2, 0.25) is 0 Å². The molecule has 1 aliphatic heterocycles. The van der Waals surface area contributed by atoms with Crippen molar-refractivity contribution < 1.29 is 23.5 Å². The van der Waals surface area contributed by atoms with Gasteiger partial charge in [-0.25, -0.2) is 4.39 Å². The van der Waals surface area contributed by atoms with E-state index in [1.807, 2.05) is 0 Å². The molecule has 1 heterocycles. The van der Waals surface area contributed by atoms with Crippen molar-refractivity contribution in [2.45, 2.75) is 6.61 Å². The third-order valence-corrected chi connectivity index (χ3v) is 4.63. The largest absolute Gasteiger partial charge is 0.493 e. The first-order valence-corrected chi connectivity index (χ1v) is 9.39. The molecule has 2 aromatic carbocycles. The molecule has 1 saturated heterocycles. The minimum absolute atomic E-state index is 0.0455. The van der Waals surface area contributed by atoms with Crippen molar-refractivity contribution in [3.63, 3.8) is 0 Å². The molecule has 0 saturated carbocycles. The Morgan fingerprint density at radius 3 is 2.57 bits per heavy atom. The van der Waals surface area contributed by atoms with Crippen LogP contribution in [0.25, 0.3) is 6.08 Å². The van der Waals surface area contributed by atoms with E-state index in [0.717, 1.165) is 5.56 Å². The summed E-state index contributed by atoms with van der Waals surface area (Å²) in [5, 5.41) is 2.54. The lowest BCUT2D eigenvalue weighted by Gasteiger charge is -2.27. The van der Waals surface area contributed by atoms with Crippen LogP contribution in [0.5, 0.6) is 11.5 Å². The van der Waals surface area contributed by atoms with Crippen LogP contribution in [0, 0.1) is 5.82 Å². The summed E-state index contributed by atoms with van der Waals surface area (Å²) in [6, 6.07) is 11.0. The van der Waals surface area contributed by atoms with Crippen molar-refractivity contribution in [1.29, 1.82) is 0 Å². The van der Waals surface area contributed by atoms with Crippen LogP contribution >= 0.6 is 12.2 Å². The molecule has 8 heteroatoms. The van der Waals surface area contributed by atoms with Crippen LogP contribution in [0.15, 0.2) is 60.7 Å². The Bertz CT molecular complexity index is 1030. The summed E-state index contributed by atoms with van der Waals surface area (Å²) in [4.78, 5) is 26.1. The molecule has 1 fully saturated rings. The van der Waals surface area contributed by atoms with E-state index < -0.39 is 11.8 Å². The van der Waals surface area contributed by atoms with Crippen molar-refractivity contribution in [3.05, 3.63) is 77.6 Å². The highest BCUT2D eigenvalue weighted by atomic mass is 32.1. The van der Waals surface area contributed by atoms with E-state index in [1.54, 1.807) is 30.3 Å². The Morgan fingerprint density at radius 1 is 1.17 bits per heavy atom. The van der Waals surface area contributed by atoms with Gasteiger partial charge in [0.15, 0.2) is 16.6 Å². The topological polar surface area (TPSA) is 67.9 Å². The maximum Gasteiger partial charge on any atom is 0.265 e. The van der Waals surface area contributed by atoms with E-state index in [-0.39, 0.29) is 29.7 Å². The Morgan fingerprint density at radius 2 is 1.90 bits per heavy atom. The fraction of sp³-hybridized carbons (Fsp3) is 0.136. The highest BCUT2D eigenvalue weighted by Crippen LogP contribution is 2.30. The Labute approximate surface area is 178 Å². The summed E-state index contributed by atoms with van der Waals surface area (Å²) in [7, 11) is 1.49. The van der Waals surface area contributed by atoms with Gasteiger partial charge >= 0.3 is 0 Å². The van der Waals surface area contributed by atoms with Crippen molar-refractivity contribution in [1.82, 2.24) is 10.2 Å². The summed E-state index contributed by atoms with van der Waals surface area (Å²) in [6.45, 7) is 4.01. The number of nitrogens with zero attached hydrogens (tertiary/aromatic N) is 1. The second kappa shape index (κ2) is 9.32. The van der Waals surface area contributed by atoms with Gasteiger partial charge < -0.3 is 9.47 Å². The van der Waals surface area contributed by atoms with Crippen molar-refractivity contribution >= 4 is 35.2 Å². The first-order valence-electron chi connectivity index (χ1n) is 8.98. The number of methoxy groups -OCH3 is 1. The molecule has 0 unspecified atom stereocenters. The number of carbonyl (C=O) groups is 2. The van der Waals surface area contributed by atoms with Crippen LogP contribution in [-0.2, 0) is 16.2 Å². The molecule has 0 radical (unpaired) electrons. The summed E-state index contributed by atoms with van der Waals surface area (Å²) in [5.74, 6) is -0.492. The average molecular weight is 426 g/mol.